The van der Waals surface area contributed by atoms with Crippen molar-refractivity contribution < 1.29 is 14.4 Å². The van der Waals surface area contributed by atoms with Crippen LogP contribution in [-0.4, -0.2) is 41.8 Å². The van der Waals surface area contributed by atoms with Gasteiger partial charge in [-0.25, -0.2) is 0 Å². The minimum Gasteiger partial charge on any atom is -0.351 e. The topological polar surface area (TPSA) is 78.5 Å². The Balaban J connectivity index is 1.55. The van der Waals surface area contributed by atoms with E-state index in [-0.39, 0.29) is 29.7 Å². The molecule has 2 aliphatic rings. The molecule has 0 bridgehead atoms. The first kappa shape index (κ1) is 23.3. The fourth-order valence-corrected chi connectivity index (χ4v) is 4.67. The van der Waals surface area contributed by atoms with Crippen molar-refractivity contribution >= 4 is 17.7 Å². The molecule has 0 spiro atoms. The molecule has 1 atom stereocenters. The van der Waals surface area contributed by atoms with Crippen LogP contribution in [0.2, 0.25) is 0 Å². The van der Waals surface area contributed by atoms with Crippen LogP contribution in [0.4, 0.5) is 0 Å². The fraction of sp³-hybridized carbons (Fsp3) is 0.640. The third kappa shape index (κ3) is 6.81. The summed E-state index contributed by atoms with van der Waals surface area (Å²) in [6.07, 6.45) is 7.50. The predicted molar refractivity (Wildman–Crippen MR) is 121 cm³/mol. The van der Waals surface area contributed by atoms with Gasteiger partial charge >= 0.3 is 0 Å². The second-order valence-electron chi connectivity index (χ2n) is 9.45. The largest absolute Gasteiger partial charge is 0.351 e. The molecule has 1 aliphatic heterocycles. The second kappa shape index (κ2) is 11.3. The number of rotatable bonds is 7. The van der Waals surface area contributed by atoms with Crippen molar-refractivity contribution in [1.82, 2.24) is 15.5 Å². The Bertz CT molecular complexity index is 736. The van der Waals surface area contributed by atoms with Crippen LogP contribution in [-0.2, 0) is 14.4 Å². The summed E-state index contributed by atoms with van der Waals surface area (Å²) in [5.41, 5.74) is 0.780. The van der Waals surface area contributed by atoms with Crippen LogP contribution in [0.3, 0.4) is 0 Å². The van der Waals surface area contributed by atoms with Gasteiger partial charge in [-0.3, -0.25) is 14.4 Å². The van der Waals surface area contributed by atoms with E-state index in [0.717, 1.165) is 44.1 Å². The Morgan fingerprint density at radius 1 is 0.968 bits per heavy atom. The van der Waals surface area contributed by atoms with Crippen LogP contribution in [0.1, 0.15) is 76.8 Å². The first-order chi connectivity index (χ1) is 14.9. The lowest BCUT2D eigenvalue weighted by molar-refractivity contribution is -0.138. The Morgan fingerprint density at radius 3 is 2.23 bits per heavy atom. The van der Waals surface area contributed by atoms with E-state index in [1.165, 1.54) is 6.42 Å². The molecule has 1 aliphatic carbocycles. The number of benzene rings is 1. The highest BCUT2D eigenvalue weighted by molar-refractivity contribution is 5.89. The van der Waals surface area contributed by atoms with Crippen LogP contribution >= 0.6 is 0 Å². The smallest absolute Gasteiger partial charge is 0.247 e. The van der Waals surface area contributed by atoms with Gasteiger partial charge in [0.1, 0.15) is 6.04 Å². The van der Waals surface area contributed by atoms with Crippen molar-refractivity contribution in [3.63, 3.8) is 0 Å². The number of nitrogens with one attached hydrogen (secondary N) is 2. The first-order valence-electron chi connectivity index (χ1n) is 11.9. The molecule has 1 saturated heterocycles. The lowest BCUT2D eigenvalue weighted by Gasteiger charge is -2.36. The molecule has 6 nitrogen and oxygen atoms in total. The molecule has 2 fully saturated rings. The molecule has 1 unspecified atom stereocenters. The highest BCUT2D eigenvalue weighted by Crippen LogP contribution is 2.26. The number of amides is 3. The Hall–Kier alpha value is -2.37. The minimum atomic E-state index is -0.700. The van der Waals surface area contributed by atoms with Crippen molar-refractivity contribution in [1.29, 1.82) is 0 Å². The van der Waals surface area contributed by atoms with Gasteiger partial charge in [-0.1, -0.05) is 63.4 Å². The molecular formula is C25H37N3O3. The van der Waals surface area contributed by atoms with Gasteiger partial charge in [-0.2, -0.15) is 0 Å². The molecule has 3 rings (SSSR count). The Morgan fingerprint density at radius 2 is 1.61 bits per heavy atom. The zero-order valence-electron chi connectivity index (χ0n) is 18.9. The standard InChI is InChI=1S/C25H37N3O3/c1-18(2)17-22(29)27-23(19-9-5-3-6-10-19)24(30)26-21-13-15-28(16-14-21)25(31)20-11-7-4-8-12-20/h3,5-6,9-10,18,20-21,23H,4,7-8,11-17H2,1-2H3,(H,26,30)(H,27,29). The summed E-state index contributed by atoms with van der Waals surface area (Å²) in [4.78, 5) is 40.2. The average molecular weight is 428 g/mol. The summed E-state index contributed by atoms with van der Waals surface area (Å²) >= 11 is 0. The number of likely N-dealkylation sites (tertiary alicyclic amines) is 1. The van der Waals surface area contributed by atoms with Crippen LogP contribution in [0.25, 0.3) is 0 Å². The number of hydrogen-bond donors (Lipinski definition) is 2. The molecule has 3 amide bonds. The van der Waals surface area contributed by atoms with Gasteiger partial charge in [0.2, 0.25) is 17.7 Å². The van der Waals surface area contributed by atoms with Crippen LogP contribution in [0.15, 0.2) is 30.3 Å². The second-order valence-corrected chi connectivity index (χ2v) is 9.45. The van der Waals surface area contributed by atoms with Gasteiger partial charge in [0, 0.05) is 31.5 Å². The summed E-state index contributed by atoms with van der Waals surface area (Å²) in [6, 6.07) is 8.70. The summed E-state index contributed by atoms with van der Waals surface area (Å²) in [5, 5.41) is 6.03. The van der Waals surface area contributed by atoms with Gasteiger partial charge in [0.25, 0.3) is 0 Å². The van der Waals surface area contributed by atoms with Crippen LogP contribution in [0, 0.1) is 11.8 Å². The molecule has 0 aromatic heterocycles. The van der Waals surface area contributed by atoms with Gasteiger partial charge in [-0.15, -0.1) is 0 Å². The SMILES string of the molecule is CC(C)CC(=O)NC(C(=O)NC1CCN(C(=O)C2CCCCC2)CC1)c1ccccc1. The molecule has 31 heavy (non-hydrogen) atoms. The van der Waals surface area contributed by atoms with E-state index in [1.54, 1.807) is 0 Å². The minimum absolute atomic E-state index is 0.0242. The molecular weight excluding hydrogens is 390 g/mol. The first-order valence-corrected chi connectivity index (χ1v) is 11.9. The number of piperidine rings is 1. The fourth-order valence-electron chi connectivity index (χ4n) is 4.67. The third-order valence-corrected chi connectivity index (χ3v) is 6.40. The van der Waals surface area contributed by atoms with E-state index in [0.29, 0.717) is 25.4 Å². The number of carbonyl (C=O) groups excluding carboxylic acids is 3. The monoisotopic (exact) mass is 427 g/mol. The van der Waals surface area contributed by atoms with Gasteiger partial charge in [0.05, 0.1) is 0 Å². The zero-order valence-corrected chi connectivity index (χ0v) is 18.9. The molecule has 1 saturated carbocycles. The molecule has 1 aromatic rings. The maximum atomic E-state index is 13.1. The summed E-state index contributed by atoms with van der Waals surface area (Å²) < 4.78 is 0. The lowest BCUT2D eigenvalue weighted by Crippen LogP contribution is -2.50. The highest BCUT2D eigenvalue weighted by atomic mass is 16.2. The average Bonchev–Trinajstić information content (AvgIpc) is 2.78. The predicted octanol–water partition coefficient (Wildman–Crippen LogP) is 3.58. The van der Waals surface area contributed by atoms with Crippen LogP contribution in [0.5, 0.6) is 0 Å². The Labute approximate surface area is 186 Å². The van der Waals surface area contributed by atoms with Crippen molar-refractivity contribution in [2.75, 3.05) is 13.1 Å². The van der Waals surface area contributed by atoms with E-state index >= 15 is 0 Å². The zero-order chi connectivity index (χ0) is 22.2. The van der Waals surface area contributed by atoms with E-state index in [2.05, 4.69) is 10.6 Å². The number of carbonyl (C=O) groups is 3. The van der Waals surface area contributed by atoms with E-state index in [4.69, 9.17) is 0 Å². The molecule has 2 N–H and O–H groups in total. The quantitative estimate of drug-likeness (QED) is 0.698. The number of nitrogens with zero attached hydrogens (tertiary/aromatic N) is 1. The van der Waals surface area contributed by atoms with Gasteiger partial charge < -0.3 is 15.5 Å². The normalized spacial score (nSPS) is 19.1. The maximum absolute atomic E-state index is 13.1. The van der Waals surface area contributed by atoms with E-state index in [9.17, 15) is 14.4 Å². The van der Waals surface area contributed by atoms with Crippen molar-refractivity contribution in [3.8, 4) is 0 Å². The van der Waals surface area contributed by atoms with Crippen LogP contribution < -0.4 is 10.6 Å². The number of hydrogen-bond acceptors (Lipinski definition) is 3. The molecule has 1 heterocycles. The lowest BCUT2D eigenvalue weighted by atomic mass is 9.87. The highest BCUT2D eigenvalue weighted by Gasteiger charge is 2.31. The summed E-state index contributed by atoms with van der Waals surface area (Å²) in [5.74, 6) is 0.420. The van der Waals surface area contributed by atoms with E-state index < -0.39 is 6.04 Å². The molecule has 170 valence electrons. The summed E-state index contributed by atoms with van der Waals surface area (Å²) in [6.45, 7) is 5.35. The molecule has 1 aromatic carbocycles. The molecule has 6 heteroatoms. The third-order valence-electron chi connectivity index (χ3n) is 6.40. The van der Waals surface area contributed by atoms with E-state index in [1.807, 2.05) is 49.1 Å². The molecule has 0 radical (unpaired) electrons. The maximum Gasteiger partial charge on any atom is 0.247 e. The van der Waals surface area contributed by atoms with Crippen molar-refractivity contribution in [3.05, 3.63) is 35.9 Å². The van der Waals surface area contributed by atoms with Crippen molar-refractivity contribution in [2.45, 2.75) is 77.3 Å². The van der Waals surface area contributed by atoms with Crippen molar-refractivity contribution in [2.24, 2.45) is 11.8 Å². The summed E-state index contributed by atoms with van der Waals surface area (Å²) in [7, 11) is 0. The van der Waals surface area contributed by atoms with Gasteiger partial charge in [-0.05, 0) is 37.2 Å². The Kier molecular flexibility index (Phi) is 8.50. The van der Waals surface area contributed by atoms with Gasteiger partial charge in [0.15, 0.2) is 0 Å².